The highest BCUT2D eigenvalue weighted by atomic mass is 79.9. The van der Waals surface area contributed by atoms with Gasteiger partial charge in [0, 0.05) is 33.6 Å². The zero-order valence-electron chi connectivity index (χ0n) is 13.6. The number of hydrogen-bond donors (Lipinski definition) is 1. The van der Waals surface area contributed by atoms with Crippen LogP contribution >= 0.6 is 27.5 Å². The Balaban J connectivity index is 1.59. The zero-order chi connectivity index (χ0) is 17.8. The van der Waals surface area contributed by atoms with Crippen molar-refractivity contribution in [1.82, 2.24) is 4.98 Å². The second kappa shape index (κ2) is 7.85. The van der Waals surface area contributed by atoms with Gasteiger partial charge in [-0.2, -0.15) is 0 Å². The summed E-state index contributed by atoms with van der Waals surface area (Å²) < 4.78 is 6.71. The third kappa shape index (κ3) is 4.71. The molecule has 0 atom stereocenters. The van der Waals surface area contributed by atoms with Crippen LogP contribution in [-0.2, 0) is 11.2 Å². The first-order valence-electron chi connectivity index (χ1n) is 7.78. The van der Waals surface area contributed by atoms with Crippen LogP contribution in [0.5, 0.6) is 0 Å². The summed E-state index contributed by atoms with van der Waals surface area (Å²) >= 11 is 9.36. The van der Waals surface area contributed by atoms with Crippen molar-refractivity contribution in [3.63, 3.8) is 0 Å². The van der Waals surface area contributed by atoms with E-state index in [2.05, 4.69) is 26.2 Å². The lowest BCUT2D eigenvalue weighted by atomic mass is 10.2. The van der Waals surface area contributed by atoms with E-state index in [1.165, 1.54) is 0 Å². The minimum atomic E-state index is -0.0902. The van der Waals surface area contributed by atoms with Crippen LogP contribution in [0.2, 0.25) is 5.02 Å². The van der Waals surface area contributed by atoms with Crippen LogP contribution in [0, 0.1) is 6.92 Å². The SMILES string of the molecule is Cc1cc(Cl)ccc1NC(=O)CCc1ncc(-c2cccc(Br)c2)o1. The predicted molar refractivity (Wildman–Crippen MR) is 103 cm³/mol. The molecular weight excluding hydrogens is 404 g/mol. The fraction of sp³-hybridized carbons (Fsp3) is 0.158. The molecule has 0 aliphatic carbocycles. The summed E-state index contributed by atoms with van der Waals surface area (Å²) in [5.41, 5.74) is 2.62. The van der Waals surface area contributed by atoms with Crippen molar-refractivity contribution >= 4 is 39.1 Å². The highest BCUT2D eigenvalue weighted by molar-refractivity contribution is 9.10. The van der Waals surface area contributed by atoms with Gasteiger partial charge in [-0.15, -0.1) is 0 Å². The number of hydrogen-bond acceptors (Lipinski definition) is 3. The average molecular weight is 420 g/mol. The van der Waals surface area contributed by atoms with Crippen molar-refractivity contribution in [2.75, 3.05) is 5.32 Å². The number of oxazole rings is 1. The van der Waals surface area contributed by atoms with E-state index in [9.17, 15) is 4.79 Å². The quantitative estimate of drug-likeness (QED) is 0.582. The van der Waals surface area contributed by atoms with E-state index < -0.39 is 0 Å². The smallest absolute Gasteiger partial charge is 0.224 e. The van der Waals surface area contributed by atoms with Gasteiger partial charge in [0.25, 0.3) is 0 Å². The van der Waals surface area contributed by atoms with Crippen LogP contribution in [0.4, 0.5) is 5.69 Å². The Labute approximate surface area is 159 Å². The second-order valence-electron chi connectivity index (χ2n) is 5.64. The molecule has 3 aromatic rings. The molecule has 0 saturated heterocycles. The molecule has 128 valence electrons. The van der Waals surface area contributed by atoms with Gasteiger partial charge in [-0.1, -0.05) is 39.7 Å². The van der Waals surface area contributed by atoms with E-state index in [0.717, 1.165) is 21.3 Å². The number of carbonyl (C=O) groups is 1. The lowest BCUT2D eigenvalue weighted by Gasteiger charge is -2.08. The molecule has 0 unspecified atom stereocenters. The summed E-state index contributed by atoms with van der Waals surface area (Å²) in [6.45, 7) is 1.90. The maximum atomic E-state index is 12.1. The van der Waals surface area contributed by atoms with E-state index >= 15 is 0 Å². The molecule has 0 radical (unpaired) electrons. The molecule has 3 rings (SSSR count). The van der Waals surface area contributed by atoms with Crippen LogP contribution in [0.15, 0.2) is 57.6 Å². The van der Waals surface area contributed by atoms with Gasteiger partial charge >= 0.3 is 0 Å². The summed E-state index contributed by atoms with van der Waals surface area (Å²) in [6, 6.07) is 13.2. The lowest BCUT2D eigenvalue weighted by molar-refractivity contribution is -0.116. The first-order valence-corrected chi connectivity index (χ1v) is 8.95. The van der Waals surface area contributed by atoms with Gasteiger partial charge in [0.2, 0.25) is 5.91 Å². The van der Waals surface area contributed by atoms with E-state index in [0.29, 0.717) is 29.5 Å². The fourth-order valence-corrected chi connectivity index (χ4v) is 3.03. The Morgan fingerprint density at radius 2 is 2.12 bits per heavy atom. The Morgan fingerprint density at radius 3 is 2.88 bits per heavy atom. The van der Waals surface area contributed by atoms with Gasteiger partial charge in [-0.05, 0) is 42.8 Å². The number of carbonyl (C=O) groups excluding carboxylic acids is 1. The largest absolute Gasteiger partial charge is 0.441 e. The Morgan fingerprint density at radius 1 is 1.28 bits per heavy atom. The maximum Gasteiger partial charge on any atom is 0.224 e. The molecule has 0 aliphatic heterocycles. The van der Waals surface area contributed by atoms with Crippen molar-refractivity contribution in [2.45, 2.75) is 19.8 Å². The summed E-state index contributed by atoms with van der Waals surface area (Å²) in [5, 5.41) is 3.53. The van der Waals surface area contributed by atoms with E-state index in [4.69, 9.17) is 16.0 Å². The summed E-state index contributed by atoms with van der Waals surface area (Å²) in [5.74, 6) is 1.14. The van der Waals surface area contributed by atoms with Gasteiger partial charge in [0.05, 0.1) is 6.20 Å². The third-order valence-corrected chi connectivity index (χ3v) is 4.42. The molecule has 1 heterocycles. The van der Waals surface area contributed by atoms with E-state index in [-0.39, 0.29) is 5.91 Å². The minimum absolute atomic E-state index is 0.0902. The number of rotatable bonds is 5. The third-order valence-electron chi connectivity index (χ3n) is 3.69. The number of aryl methyl sites for hydroxylation is 2. The van der Waals surface area contributed by atoms with Gasteiger partial charge in [0.15, 0.2) is 11.7 Å². The molecule has 0 aliphatic rings. The molecule has 25 heavy (non-hydrogen) atoms. The molecule has 1 aromatic heterocycles. The van der Waals surface area contributed by atoms with Crippen molar-refractivity contribution in [3.8, 4) is 11.3 Å². The van der Waals surface area contributed by atoms with Gasteiger partial charge in [-0.25, -0.2) is 4.98 Å². The van der Waals surface area contributed by atoms with E-state index in [1.807, 2.05) is 37.3 Å². The maximum absolute atomic E-state index is 12.1. The van der Waals surface area contributed by atoms with Crippen molar-refractivity contribution in [3.05, 3.63) is 69.6 Å². The second-order valence-corrected chi connectivity index (χ2v) is 6.99. The summed E-state index contributed by atoms with van der Waals surface area (Å²) in [7, 11) is 0. The Bertz CT molecular complexity index is 908. The van der Waals surface area contributed by atoms with Crippen LogP contribution in [-0.4, -0.2) is 10.9 Å². The molecule has 6 heteroatoms. The summed E-state index contributed by atoms with van der Waals surface area (Å²) in [6.07, 6.45) is 2.41. The number of anilines is 1. The molecule has 0 saturated carbocycles. The normalized spacial score (nSPS) is 10.7. The molecule has 0 fully saturated rings. The van der Waals surface area contributed by atoms with Crippen molar-refractivity contribution in [1.29, 1.82) is 0 Å². The summed E-state index contributed by atoms with van der Waals surface area (Å²) in [4.78, 5) is 16.4. The highest BCUT2D eigenvalue weighted by Gasteiger charge is 2.10. The number of nitrogens with one attached hydrogen (secondary N) is 1. The topological polar surface area (TPSA) is 55.1 Å². The van der Waals surface area contributed by atoms with Crippen LogP contribution < -0.4 is 5.32 Å². The minimum Gasteiger partial charge on any atom is -0.441 e. The zero-order valence-corrected chi connectivity index (χ0v) is 15.9. The standard InChI is InChI=1S/C19H16BrClN2O2/c1-12-9-15(21)5-6-16(12)23-18(24)7-8-19-22-11-17(25-19)13-3-2-4-14(20)10-13/h2-6,9-11H,7-8H2,1H3,(H,23,24). The highest BCUT2D eigenvalue weighted by Crippen LogP contribution is 2.24. The molecular formula is C19H16BrClN2O2. The predicted octanol–water partition coefficient (Wildman–Crippen LogP) is 5.64. The molecule has 1 amide bonds. The molecule has 0 spiro atoms. The van der Waals surface area contributed by atoms with Gasteiger partial charge < -0.3 is 9.73 Å². The first-order chi connectivity index (χ1) is 12.0. The fourth-order valence-electron chi connectivity index (χ4n) is 2.40. The Hall–Kier alpha value is -2.11. The van der Waals surface area contributed by atoms with Crippen LogP contribution in [0.1, 0.15) is 17.9 Å². The molecule has 4 nitrogen and oxygen atoms in total. The average Bonchev–Trinajstić information content (AvgIpc) is 3.05. The van der Waals surface area contributed by atoms with Crippen molar-refractivity contribution in [2.24, 2.45) is 0 Å². The number of aromatic nitrogens is 1. The number of halogens is 2. The van der Waals surface area contributed by atoms with Crippen LogP contribution in [0.25, 0.3) is 11.3 Å². The first kappa shape index (κ1) is 17.7. The van der Waals surface area contributed by atoms with Gasteiger partial charge in [-0.3, -0.25) is 4.79 Å². The van der Waals surface area contributed by atoms with E-state index in [1.54, 1.807) is 18.3 Å². The lowest BCUT2D eigenvalue weighted by Crippen LogP contribution is -2.13. The monoisotopic (exact) mass is 418 g/mol. The molecule has 1 N–H and O–H groups in total. The Kier molecular flexibility index (Phi) is 5.56. The number of nitrogens with zero attached hydrogens (tertiary/aromatic N) is 1. The number of amides is 1. The van der Waals surface area contributed by atoms with Crippen molar-refractivity contribution < 1.29 is 9.21 Å². The van der Waals surface area contributed by atoms with Crippen LogP contribution in [0.3, 0.4) is 0 Å². The molecule has 2 aromatic carbocycles. The van der Waals surface area contributed by atoms with Gasteiger partial charge in [0.1, 0.15) is 0 Å². The number of benzene rings is 2. The molecule has 0 bridgehead atoms.